The Bertz CT molecular complexity index is 568. The van der Waals surface area contributed by atoms with Gasteiger partial charge in [-0.2, -0.15) is 15.3 Å². The van der Waals surface area contributed by atoms with Gasteiger partial charge in [0.2, 0.25) is 0 Å². The van der Waals surface area contributed by atoms with Crippen LogP contribution in [0.15, 0.2) is 24.5 Å². The smallest absolute Gasteiger partial charge is 0.0961 e. The predicted molar refractivity (Wildman–Crippen MR) is 92.2 cm³/mol. The Morgan fingerprint density at radius 3 is 2.71 bits per heavy atom. The van der Waals surface area contributed by atoms with Gasteiger partial charge in [0.15, 0.2) is 0 Å². The van der Waals surface area contributed by atoms with E-state index in [0.29, 0.717) is 0 Å². The second-order valence-corrected chi connectivity index (χ2v) is 5.70. The summed E-state index contributed by atoms with van der Waals surface area (Å²) in [5.41, 5.74) is 3.31. The van der Waals surface area contributed by atoms with Gasteiger partial charge in [-0.25, -0.2) is 0 Å². The first kappa shape index (κ1) is 16.6. The van der Waals surface area contributed by atoms with Crippen LogP contribution in [-0.2, 0) is 5.41 Å². The third kappa shape index (κ3) is 2.91. The van der Waals surface area contributed by atoms with E-state index in [1.165, 1.54) is 38.0 Å². The standard InChI is InChI=1S/C14H17N5.2BrH/c1-4-14(5-7-19(6-1)10-14)13-3-2-12(17-18-13)11-8-15-16-9-11;;/h2-3,8-9H,1,4-7,10H2,(H,15,16);2*1H/t14-;;/m0../s1. The molecule has 2 atom stereocenters. The Hall–Kier alpha value is -0.790. The number of hydrogen-bond donors (Lipinski definition) is 1. The number of halogens is 2. The summed E-state index contributed by atoms with van der Waals surface area (Å²) in [6.07, 6.45) is 7.39. The van der Waals surface area contributed by atoms with Crippen molar-refractivity contribution < 1.29 is 0 Å². The first-order valence-corrected chi connectivity index (χ1v) is 6.92. The van der Waals surface area contributed by atoms with Gasteiger partial charge in [0.1, 0.15) is 0 Å². The highest BCUT2D eigenvalue weighted by atomic mass is 79.9. The van der Waals surface area contributed by atoms with Crippen LogP contribution in [0.2, 0.25) is 0 Å². The van der Waals surface area contributed by atoms with E-state index < -0.39 is 0 Å². The highest BCUT2D eigenvalue weighted by Crippen LogP contribution is 2.41. The van der Waals surface area contributed by atoms with Crippen molar-refractivity contribution in [1.82, 2.24) is 25.3 Å². The average Bonchev–Trinajstić information content (AvgIpc) is 3.09. The fourth-order valence-electron chi connectivity index (χ4n) is 3.49. The van der Waals surface area contributed by atoms with Gasteiger partial charge in [-0.3, -0.25) is 5.10 Å². The summed E-state index contributed by atoms with van der Waals surface area (Å²) in [6.45, 7) is 3.63. The Kier molecular flexibility index (Phi) is 5.16. The van der Waals surface area contributed by atoms with Crippen LogP contribution in [0.5, 0.6) is 0 Å². The van der Waals surface area contributed by atoms with E-state index in [2.05, 4.69) is 37.4 Å². The molecule has 2 fully saturated rings. The van der Waals surface area contributed by atoms with E-state index in [4.69, 9.17) is 0 Å². The molecule has 4 rings (SSSR count). The third-order valence-electron chi connectivity index (χ3n) is 4.56. The number of nitrogens with one attached hydrogen (secondary N) is 1. The Balaban J connectivity index is 0.000000807. The Labute approximate surface area is 145 Å². The molecule has 2 aromatic heterocycles. The maximum Gasteiger partial charge on any atom is 0.0961 e. The zero-order valence-electron chi connectivity index (χ0n) is 11.7. The van der Waals surface area contributed by atoms with E-state index in [1.807, 2.05) is 6.20 Å². The van der Waals surface area contributed by atoms with Crippen LogP contribution in [0, 0.1) is 0 Å². The van der Waals surface area contributed by atoms with Crippen molar-refractivity contribution >= 4 is 34.0 Å². The van der Waals surface area contributed by atoms with Gasteiger partial charge in [-0.05, 0) is 44.5 Å². The Morgan fingerprint density at radius 1 is 1.10 bits per heavy atom. The molecule has 0 aliphatic carbocycles. The molecule has 1 N–H and O–H groups in total. The molecular weight excluding hydrogens is 398 g/mol. The quantitative estimate of drug-likeness (QED) is 0.817. The van der Waals surface area contributed by atoms with Crippen LogP contribution in [0.3, 0.4) is 0 Å². The zero-order valence-corrected chi connectivity index (χ0v) is 15.1. The molecule has 7 heteroatoms. The van der Waals surface area contributed by atoms with Crippen molar-refractivity contribution in [3.63, 3.8) is 0 Å². The van der Waals surface area contributed by atoms with Crippen LogP contribution in [0.25, 0.3) is 11.3 Å². The largest absolute Gasteiger partial charge is 0.302 e. The fourth-order valence-corrected chi connectivity index (χ4v) is 3.49. The molecule has 0 aromatic carbocycles. The lowest BCUT2D eigenvalue weighted by Gasteiger charge is -2.33. The molecule has 2 aliphatic rings. The highest BCUT2D eigenvalue weighted by Gasteiger charge is 2.43. The van der Waals surface area contributed by atoms with Crippen LogP contribution in [-0.4, -0.2) is 44.9 Å². The number of aromatic nitrogens is 4. The van der Waals surface area contributed by atoms with Gasteiger partial charge in [-0.15, -0.1) is 34.0 Å². The van der Waals surface area contributed by atoms with Crippen LogP contribution < -0.4 is 0 Å². The number of H-pyrrole nitrogens is 1. The number of hydrogen-bond acceptors (Lipinski definition) is 4. The first-order valence-electron chi connectivity index (χ1n) is 6.92. The van der Waals surface area contributed by atoms with Gasteiger partial charge in [0, 0.05) is 23.7 Å². The molecule has 0 radical (unpaired) electrons. The second-order valence-electron chi connectivity index (χ2n) is 5.70. The number of rotatable bonds is 2. The number of fused-ring (bicyclic) bond motifs is 2. The van der Waals surface area contributed by atoms with Gasteiger partial charge in [0.25, 0.3) is 0 Å². The molecule has 2 saturated heterocycles. The summed E-state index contributed by atoms with van der Waals surface area (Å²) in [4.78, 5) is 2.55. The molecule has 0 saturated carbocycles. The summed E-state index contributed by atoms with van der Waals surface area (Å²) in [6, 6.07) is 4.23. The minimum Gasteiger partial charge on any atom is -0.302 e. The number of piperidine rings is 1. The minimum atomic E-state index is 0. The van der Waals surface area contributed by atoms with Gasteiger partial charge < -0.3 is 4.90 Å². The van der Waals surface area contributed by atoms with Gasteiger partial charge in [-0.1, -0.05) is 0 Å². The average molecular weight is 417 g/mol. The van der Waals surface area contributed by atoms with Crippen molar-refractivity contribution in [3.05, 3.63) is 30.2 Å². The van der Waals surface area contributed by atoms with E-state index in [9.17, 15) is 0 Å². The van der Waals surface area contributed by atoms with Crippen molar-refractivity contribution in [1.29, 1.82) is 0 Å². The SMILES string of the molecule is Br.Br.c1n[nH]cc1-c1ccc([C@@]23CCCN(CC2)C3)nn1. The molecule has 2 aromatic rings. The lowest BCUT2D eigenvalue weighted by atomic mass is 9.78. The monoisotopic (exact) mass is 415 g/mol. The van der Waals surface area contributed by atoms with Crippen molar-refractivity contribution in [2.45, 2.75) is 24.7 Å². The van der Waals surface area contributed by atoms with E-state index >= 15 is 0 Å². The maximum absolute atomic E-state index is 4.51. The minimum absolute atomic E-state index is 0. The molecule has 21 heavy (non-hydrogen) atoms. The van der Waals surface area contributed by atoms with Crippen LogP contribution in [0.1, 0.15) is 25.0 Å². The summed E-state index contributed by atoms with van der Waals surface area (Å²) >= 11 is 0. The molecule has 2 bridgehead atoms. The summed E-state index contributed by atoms with van der Waals surface area (Å²) in [5, 5.41) is 15.6. The second kappa shape index (κ2) is 6.54. The van der Waals surface area contributed by atoms with Crippen LogP contribution in [0.4, 0.5) is 0 Å². The van der Waals surface area contributed by atoms with Crippen molar-refractivity contribution in [3.8, 4) is 11.3 Å². The normalized spacial score (nSPS) is 26.8. The maximum atomic E-state index is 4.51. The van der Waals surface area contributed by atoms with Gasteiger partial charge >= 0.3 is 0 Å². The fraction of sp³-hybridized carbons (Fsp3) is 0.500. The predicted octanol–water partition coefficient (Wildman–Crippen LogP) is 2.76. The Morgan fingerprint density at radius 2 is 2.00 bits per heavy atom. The number of nitrogens with zero attached hydrogens (tertiary/aromatic N) is 4. The van der Waals surface area contributed by atoms with Crippen molar-refractivity contribution in [2.24, 2.45) is 0 Å². The van der Waals surface area contributed by atoms with E-state index in [0.717, 1.165) is 17.8 Å². The topological polar surface area (TPSA) is 57.7 Å². The molecule has 2 aliphatic heterocycles. The summed E-state index contributed by atoms with van der Waals surface area (Å²) in [7, 11) is 0. The highest BCUT2D eigenvalue weighted by molar-refractivity contribution is 8.93. The molecule has 1 unspecified atom stereocenters. The third-order valence-corrected chi connectivity index (χ3v) is 4.56. The van der Waals surface area contributed by atoms with E-state index in [1.54, 1.807) is 6.20 Å². The zero-order chi connectivity index (χ0) is 12.7. The van der Waals surface area contributed by atoms with Crippen LogP contribution >= 0.6 is 34.0 Å². The summed E-state index contributed by atoms with van der Waals surface area (Å²) < 4.78 is 0. The lowest BCUT2D eigenvalue weighted by molar-refractivity contribution is 0.239. The number of aromatic amines is 1. The molecule has 114 valence electrons. The molecule has 0 spiro atoms. The molecule has 5 nitrogen and oxygen atoms in total. The van der Waals surface area contributed by atoms with E-state index in [-0.39, 0.29) is 39.4 Å². The first-order chi connectivity index (χ1) is 9.36. The molecule has 4 heterocycles. The van der Waals surface area contributed by atoms with Gasteiger partial charge in [0.05, 0.1) is 17.6 Å². The molecular formula is C14H19Br2N5. The lowest BCUT2D eigenvalue weighted by Crippen LogP contribution is -2.37. The van der Waals surface area contributed by atoms with Crippen molar-refractivity contribution in [2.75, 3.05) is 19.6 Å². The molecule has 0 amide bonds. The summed E-state index contributed by atoms with van der Waals surface area (Å²) in [5.74, 6) is 0.